The Morgan fingerprint density at radius 1 is 0.533 bits per heavy atom. The molecule has 2 atom stereocenters. The van der Waals surface area contributed by atoms with Crippen LogP contribution in [0.15, 0.2) is 109 Å². The molecule has 0 aliphatic heterocycles. The van der Waals surface area contributed by atoms with Crippen molar-refractivity contribution in [1.82, 2.24) is 0 Å². The van der Waals surface area contributed by atoms with Crippen molar-refractivity contribution in [2.24, 2.45) is 0 Å². The van der Waals surface area contributed by atoms with E-state index >= 15 is 0 Å². The predicted octanol–water partition coefficient (Wildman–Crippen LogP) is 6.95. The second-order valence-corrected chi connectivity index (χ2v) is 10.7. The van der Waals surface area contributed by atoms with Gasteiger partial charge >= 0.3 is 23.9 Å². The fourth-order valence-electron chi connectivity index (χ4n) is 4.15. The molecule has 8 nitrogen and oxygen atoms in total. The van der Waals surface area contributed by atoms with Crippen LogP contribution in [-0.2, 0) is 28.7 Å². The van der Waals surface area contributed by atoms with E-state index in [-0.39, 0.29) is 17.1 Å². The van der Waals surface area contributed by atoms with Crippen molar-refractivity contribution in [2.45, 2.75) is 46.3 Å². The van der Waals surface area contributed by atoms with Crippen molar-refractivity contribution in [2.75, 3.05) is 0 Å². The van der Waals surface area contributed by atoms with E-state index in [4.69, 9.17) is 18.9 Å². The van der Waals surface area contributed by atoms with Crippen molar-refractivity contribution >= 4 is 23.9 Å². The normalized spacial score (nSPS) is 11.9. The average molecular weight is 607 g/mol. The first-order valence-electron chi connectivity index (χ1n) is 14.3. The second-order valence-electron chi connectivity index (χ2n) is 10.7. The molecular weight excluding hydrogens is 572 g/mol. The van der Waals surface area contributed by atoms with Crippen LogP contribution in [0.3, 0.4) is 0 Å². The molecule has 0 aliphatic rings. The Bertz CT molecular complexity index is 1670. The molecule has 0 heterocycles. The quantitative estimate of drug-likeness (QED) is 0.103. The molecule has 2 unspecified atom stereocenters. The molecule has 230 valence electrons. The molecule has 0 N–H and O–H groups in total. The maximum atomic E-state index is 13.2. The van der Waals surface area contributed by atoms with Crippen LogP contribution < -0.4 is 9.47 Å². The number of esters is 4. The highest BCUT2D eigenvalue weighted by Gasteiger charge is 2.31. The Balaban J connectivity index is 1.46. The number of benzene rings is 4. The molecule has 4 aromatic rings. The minimum absolute atomic E-state index is 0.279. The number of carbonyl (C=O) groups excluding carboxylic acids is 4. The smallest absolute Gasteiger partial charge is 0.357 e. The summed E-state index contributed by atoms with van der Waals surface area (Å²) in [7, 11) is 0. The predicted molar refractivity (Wildman–Crippen MR) is 167 cm³/mol. The number of carbonyl (C=O) groups is 4. The zero-order chi connectivity index (χ0) is 32.5. The molecule has 0 aromatic heterocycles. The van der Waals surface area contributed by atoms with Gasteiger partial charge in [0.25, 0.3) is 0 Å². The third kappa shape index (κ3) is 9.24. The molecule has 8 heteroatoms. The standard InChI is InChI=1S/C37H34O8/c1-23-6-14-28(15-7-23)33(36(40)42-30-18-10-25(3)11-19-30)44-32(38)22-27(5)35(39)45-34(29-16-8-24(2)9-17-29)37(41)43-31-20-12-26(4)13-21-31/h6-21,33-34H,5,22H2,1-4H3. The SMILES string of the molecule is C=C(CC(=O)OC(C(=O)Oc1ccc(C)cc1)c1ccc(C)cc1)C(=O)OC(C(=O)Oc1ccc(C)cc1)c1ccc(C)cc1. The average Bonchev–Trinajstić information content (AvgIpc) is 3.01. The molecule has 0 fully saturated rings. The molecule has 0 saturated carbocycles. The van der Waals surface area contributed by atoms with E-state index < -0.39 is 42.5 Å². The molecule has 45 heavy (non-hydrogen) atoms. The summed E-state index contributed by atoms with van der Waals surface area (Å²) in [6, 6.07) is 27.3. The molecule has 0 bridgehead atoms. The highest BCUT2D eigenvalue weighted by molar-refractivity contribution is 5.95. The van der Waals surface area contributed by atoms with Gasteiger partial charge in [-0.2, -0.15) is 0 Å². The molecule has 0 saturated heterocycles. The summed E-state index contributed by atoms with van der Waals surface area (Å²) in [5.41, 5.74) is 4.32. The Morgan fingerprint density at radius 3 is 1.24 bits per heavy atom. The van der Waals surface area contributed by atoms with Crippen LogP contribution >= 0.6 is 0 Å². The van der Waals surface area contributed by atoms with E-state index in [2.05, 4.69) is 6.58 Å². The van der Waals surface area contributed by atoms with E-state index in [1.807, 2.05) is 27.7 Å². The van der Waals surface area contributed by atoms with Gasteiger partial charge in [-0.1, -0.05) is 102 Å². The van der Waals surface area contributed by atoms with Gasteiger partial charge < -0.3 is 18.9 Å². The Kier molecular flexibility index (Phi) is 10.7. The number of hydrogen-bond acceptors (Lipinski definition) is 8. The summed E-state index contributed by atoms with van der Waals surface area (Å²) < 4.78 is 22.0. The lowest BCUT2D eigenvalue weighted by Crippen LogP contribution is -2.27. The third-order valence-electron chi connectivity index (χ3n) is 6.79. The summed E-state index contributed by atoms with van der Waals surface area (Å²) in [5.74, 6) is -3.01. The lowest BCUT2D eigenvalue weighted by molar-refractivity contribution is -0.164. The largest absolute Gasteiger partial charge is 0.445 e. The summed E-state index contributed by atoms with van der Waals surface area (Å²) in [4.78, 5) is 52.4. The van der Waals surface area contributed by atoms with Gasteiger partial charge in [0.05, 0.1) is 6.42 Å². The fraction of sp³-hybridized carbons (Fsp3) is 0.189. The summed E-state index contributed by atoms with van der Waals surface area (Å²) in [6.07, 6.45) is -3.45. The zero-order valence-corrected chi connectivity index (χ0v) is 25.6. The first-order valence-corrected chi connectivity index (χ1v) is 14.3. The Morgan fingerprint density at radius 2 is 0.867 bits per heavy atom. The molecule has 0 aliphatic carbocycles. The van der Waals surface area contributed by atoms with E-state index in [0.717, 1.165) is 22.3 Å². The maximum absolute atomic E-state index is 13.2. The van der Waals surface area contributed by atoms with Crippen LogP contribution in [0.25, 0.3) is 0 Å². The first kappa shape index (κ1) is 32.4. The number of aryl methyl sites for hydroxylation is 4. The van der Waals surface area contributed by atoms with Crippen molar-refractivity contribution in [3.8, 4) is 11.5 Å². The van der Waals surface area contributed by atoms with Crippen LogP contribution in [0.2, 0.25) is 0 Å². The topological polar surface area (TPSA) is 105 Å². The van der Waals surface area contributed by atoms with Crippen LogP contribution in [0.5, 0.6) is 11.5 Å². The van der Waals surface area contributed by atoms with E-state index in [1.54, 1.807) is 97.1 Å². The van der Waals surface area contributed by atoms with E-state index in [0.29, 0.717) is 11.1 Å². The van der Waals surface area contributed by atoms with Gasteiger partial charge in [-0.15, -0.1) is 0 Å². The Hall–Kier alpha value is -5.50. The molecule has 0 amide bonds. The molecule has 4 aromatic carbocycles. The number of rotatable bonds is 11. The second kappa shape index (κ2) is 14.8. The van der Waals surface area contributed by atoms with Crippen molar-refractivity contribution in [1.29, 1.82) is 0 Å². The van der Waals surface area contributed by atoms with Gasteiger partial charge in [-0.25, -0.2) is 14.4 Å². The van der Waals surface area contributed by atoms with Gasteiger partial charge in [0, 0.05) is 16.7 Å². The van der Waals surface area contributed by atoms with Gasteiger partial charge in [-0.3, -0.25) is 4.79 Å². The van der Waals surface area contributed by atoms with Gasteiger partial charge in [-0.05, 0) is 52.0 Å². The zero-order valence-electron chi connectivity index (χ0n) is 25.6. The molecular formula is C37H34O8. The number of ether oxygens (including phenoxy) is 4. The summed E-state index contributed by atoms with van der Waals surface area (Å²) in [5, 5.41) is 0. The lowest BCUT2D eigenvalue weighted by atomic mass is 10.1. The minimum atomic E-state index is -1.43. The van der Waals surface area contributed by atoms with Gasteiger partial charge in [0.1, 0.15) is 11.5 Å². The van der Waals surface area contributed by atoms with Gasteiger partial charge in [0.2, 0.25) is 12.2 Å². The number of hydrogen-bond donors (Lipinski definition) is 0. The highest BCUT2D eigenvalue weighted by Crippen LogP contribution is 2.26. The monoisotopic (exact) mass is 606 g/mol. The van der Waals surface area contributed by atoms with Crippen LogP contribution in [0, 0.1) is 27.7 Å². The van der Waals surface area contributed by atoms with E-state index in [9.17, 15) is 19.2 Å². The van der Waals surface area contributed by atoms with Crippen LogP contribution in [0.1, 0.15) is 52.0 Å². The first-order chi connectivity index (χ1) is 21.5. The van der Waals surface area contributed by atoms with Crippen LogP contribution in [0.4, 0.5) is 0 Å². The Labute approximate surface area is 262 Å². The van der Waals surface area contributed by atoms with Crippen molar-refractivity contribution in [3.63, 3.8) is 0 Å². The third-order valence-corrected chi connectivity index (χ3v) is 6.79. The molecule has 4 rings (SSSR count). The van der Waals surface area contributed by atoms with Crippen molar-refractivity contribution < 1.29 is 38.1 Å². The van der Waals surface area contributed by atoms with Crippen molar-refractivity contribution in [3.05, 3.63) is 143 Å². The van der Waals surface area contributed by atoms with E-state index in [1.165, 1.54) is 0 Å². The maximum Gasteiger partial charge on any atom is 0.357 e. The van der Waals surface area contributed by atoms with Crippen LogP contribution in [-0.4, -0.2) is 23.9 Å². The highest BCUT2D eigenvalue weighted by atomic mass is 16.6. The fourth-order valence-corrected chi connectivity index (χ4v) is 4.15. The van der Waals surface area contributed by atoms with Gasteiger partial charge in [0.15, 0.2) is 0 Å². The molecule has 0 radical (unpaired) electrons. The minimum Gasteiger partial charge on any atom is -0.445 e. The molecule has 0 spiro atoms. The lowest BCUT2D eigenvalue weighted by Gasteiger charge is -2.19. The summed E-state index contributed by atoms with van der Waals surface area (Å²) >= 11 is 0. The summed E-state index contributed by atoms with van der Waals surface area (Å²) in [6.45, 7) is 11.2.